The summed E-state index contributed by atoms with van der Waals surface area (Å²) in [5.41, 5.74) is 7.84. The zero-order valence-corrected chi connectivity index (χ0v) is 27.4. The summed E-state index contributed by atoms with van der Waals surface area (Å²) < 4.78 is 4.73. The van der Waals surface area contributed by atoms with Crippen molar-refractivity contribution in [2.45, 2.75) is 0 Å². The van der Waals surface area contributed by atoms with Crippen molar-refractivity contribution in [3.05, 3.63) is 152 Å². The minimum absolute atomic E-state index is 0.615. The summed E-state index contributed by atoms with van der Waals surface area (Å²) in [7, 11) is 0. The van der Waals surface area contributed by atoms with E-state index in [0.29, 0.717) is 5.95 Å². The van der Waals surface area contributed by atoms with Gasteiger partial charge in [-0.3, -0.25) is 9.55 Å². The summed E-state index contributed by atoms with van der Waals surface area (Å²) in [6, 6.07) is 49.2. The number of nitrogens with zero attached hydrogens (tertiary/aromatic N) is 5. The maximum Gasteiger partial charge on any atom is 0.235 e. The van der Waals surface area contributed by atoms with Gasteiger partial charge >= 0.3 is 0 Å². The molecule has 0 aliphatic carbocycles. The molecule has 5 aromatic heterocycles. The van der Waals surface area contributed by atoms with E-state index in [9.17, 15) is 0 Å². The number of para-hydroxylation sites is 2. The Labute approximate surface area is 289 Å². The van der Waals surface area contributed by atoms with Gasteiger partial charge in [-0.2, -0.15) is 0 Å². The molecule has 0 N–H and O–H groups in total. The first-order valence-corrected chi connectivity index (χ1v) is 17.4. The first kappa shape index (κ1) is 27.5. The minimum atomic E-state index is 0.615. The van der Waals surface area contributed by atoms with Crippen molar-refractivity contribution in [1.29, 1.82) is 0 Å². The van der Waals surface area contributed by atoms with Crippen molar-refractivity contribution in [2.75, 3.05) is 0 Å². The van der Waals surface area contributed by atoms with Gasteiger partial charge in [0.15, 0.2) is 0 Å². The van der Waals surface area contributed by atoms with Crippen molar-refractivity contribution in [1.82, 2.24) is 24.5 Å². The molecular weight excluding hydrogens is 631 g/mol. The smallest absolute Gasteiger partial charge is 0.235 e. The number of thiophene rings is 1. The van der Waals surface area contributed by atoms with Gasteiger partial charge in [0.25, 0.3) is 0 Å². The van der Waals surface area contributed by atoms with E-state index in [2.05, 4.69) is 119 Å². The predicted molar refractivity (Wildman–Crippen MR) is 208 cm³/mol. The molecule has 11 aromatic rings. The Morgan fingerprint density at radius 2 is 1.16 bits per heavy atom. The van der Waals surface area contributed by atoms with Gasteiger partial charge in [0.1, 0.15) is 0 Å². The molecule has 0 saturated carbocycles. The third-order valence-corrected chi connectivity index (χ3v) is 11.0. The monoisotopic (exact) mass is 655 g/mol. The zero-order valence-electron chi connectivity index (χ0n) is 26.6. The summed E-state index contributed by atoms with van der Waals surface area (Å²) in [6.07, 6.45) is 3.77. The fourth-order valence-corrected chi connectivity index (χ4v) is 8.73. The summed E-state index contributed by atoms with van der Waals surface area (Å²) in [5, 5.41) is 9.29. The quantitative estimate of drug-likeness (QED) is 0.178. The predicted octanol–water partition coefficient (Wildman–Crippen LogP) is 11.5. The van der Waals surface area contributed by atoms with Crippen LogP contribution in [-0.4, -0.2) is 24.5 Å². The van der Waals surface area contributed by atoms with Gasteiger partial charge in [-0.05, 0) is 53.9 Å². The lowest BCUT2D eigenvalue weighted by Crippen LogP contribution is -2.03. The topological polar surface area (TPSA) is 56.5 Å². The van der Waals surface area contributed by atoms with Crippen molar-refractivity contribution < 1.29 is 0 Å². The molecule has 0 bridgehead atoms. The SMILES string of the molecule is c1ccc(-c2nc(-n3c4ccc(-c5nc6ccccc6c6cc7sc8ccccc8c7cc56)cc4c4ccncc43)nc3ccccc23)cc1. The van der Waals surface area contributed by atoms with Crippen LogP contribution in [0.25, 0.3) is 103 Å². The van der Waals surface area contributed by atoms with Gasteiger partial charge in [0, 0.05) is 64.4 Å². The third-order valence-electron chi connectivity index (χ3n) is 9.88. The lowest BCUT2D eigenvalue weighted by molar-refractivity contribution is 1.01. The molecular formula is C44H25N5S. The Morgan fingerprint density at radius 3 is 2.04 bits per heavy atom. The molecule has 50 heavy (non-hydrogen) atoms. The summed E-state index contributed by atoms with van der Waals surface area (Å²) in [5.74, 6) is 0.615. The van der Waals surface area contributed by atoms with E-state index in [1.807, 2.05) is 54.1 Å². The van der Waals surface area contributed by atoms with Crippen LogP contribution in [0.4, 0.5) is 0 Å². The largest absolute Gasteiger partial charge is 0.276 e. The van der Waals surface area contributed by atoms with Crippen LogP contribution in [0.3, 0.4) is 0 Å². The normalized spacial score (nSPS) is 12.0. The number of aromatic nitrogens is 5. The maximum absolute atomic E-state index is 5.34. The Hall–Kier alpha value is -6.50. The molecule has 6 heteroatoms. The summed E-state index contributed by atoms with van der Waals surface area (Å²) >= 11 is 1.85. The van der Waals surface area contributed by atoms with E-state index in [1.165, 1.54) is 25.6 Å². The maximum atomic E-state index is 5.34. The number of fused-ring (bicyclic) bond motifs is 10. The van der Waals surface area contributed by atoms with Crippen LogP contribution in [0.1, 0.15) is 0 Å². The fourth-order valence-electron chi connectivity index (χ4n) is 7.60. The van der Waals surface area contributed by atoms with Crippen LogP contribution < -0.4 is 0 Å². The van der Waals surface area contributed by atoms with Crippen LogP contribution in [0.15, 0.2) is 152 Å². The molecule has 0 aliphatic heterocycles. The van der Waals surface area contributed by atoms with Gasteiger partial charge in [-0.25, -0.2) is 15.0 Å². The summed E-state index contributed by atoms with van der Waals surface area (Å²) in [6.45, 7) is 0. The highest BCUT2D eigenvalue weighted by Crippen LogP contribution is 2.42. The van der Waals surface area contributed by atoms with E-state index in [4.69, 9.17) is 15.0 Å². The van der Waals surface area contributed by atoms with E-state index < -0.39 is 0 Å². The number of benzene rings is 6. The van der Waals surface area contributed by atoms with E-state index in [-0.39, 0.29) is 0 Å². The number of rotatable bonds is 3. The Kier molecular flexibility index (Phi) is 5.76. The standard InChI is InChI=1S/C44H25N5S/c1-2-10-26(11-3-1)42-31-14-5-8-16-37(31)47-44(48-42)49-38-19-18-27(22-33(38)29-20-21-45-25-39(29)49)43-35-23-34-30-13-6-9-17-40(30)50-41(34)24-32(35)28-12-4-7-15-36(28)46-43/h1-25H. The van der Waals surface area contributed by atoms with Gasteiger partial charge in [0.2, 0.25) is 5.95 Å². The molecule has 232 valence electrons. The lowest BCUT2D eigenvalue weighted by Gasteiger charge is -2.12. The van der Waals surface area contributed by atoms with E-state index >= 15 is 0 Å². The van der Waals surface area contributed by atoms with Gasteiger partial charge in [-0.1, -0.05) is 91.0 Å². The molecule has 0 unspecified atom stereocenters. The molecule has 0 atom stereocenters. The molecule has 0 spiro atoms. The number of hydrogen-bond acceptors (Lipinski definition) is 5. The highest BCUT2D eigenvalue weighted by molar-refractivity contribution is 7.25. The second kappa shape index (κ2) is 10.5. The molecule has 6 aromatic carbocycles. The van der Waals surface area contributed by atoms with E-state index in [0.717, 1.165) is 71.5 Å². The molecule has 0 radical (unpaired) electrons. The number of hydrogen-bond donors (Lipinski definition) is 0. The summed E-state index contributed by atoms with van der Waals surface area (Å²) in [4.78, 5) is 20.2. The van der Waals surface area contributed by atoms with Crippen LogP contribution >= 0.6 is 11.3 Å². The molecule has 0 saturated heterocycles. The highest BCUT2D eigenvalue weighted by Gasteiger charge is 2.20. The van der Waals surface area contributed by atoms with Crippen molar-refractivity contribution in [3.63, 3.8) is 0 Å². The molecule has 5 heterocycles. The third kappa shape index (κ3) is 4.00. The van der Waals surface area contributed by atoms with Crippen LogP contribution in [-0.2, 0) is 0 Å². The fraction of sp³-hybridized carbons (Fsp3) is 0. The lowest BCUT2D eigenvalue weighted by atomic mass is 9.97. The van der Waals surface area contributed by atoms with Gasteiger partial charge < -0.3 is 0 Å². The van der Waals surface area contributed by atoms with E-state index in [1.54, 1.807) is 0 Å². The van der Waals surface area contributed by atoms with Gasteiger partial charge in [-0.15, -0.1) is 11.3 Å². The molecule has 5 nitrogen and oxygen atoms in total. The van der Waals surface area contributed by atoms with Crippen LogP contribution in [0.2, 0.25) is 0 Å². The molecule has 0 aliphatic rings. The zero-order chi connectivity index (χ0) is 32.8. The van der Waals surface area contributed by atoms with Crippen molar-refractivity contribution in [3.8, 4) is 28.5 Å². The molecule has 0 fully saturated rings. The van der Waals surface area contributed by atoms with Crippen LogP contribution in [0.5, 0.6) is 0 Å². The van der Waals surface area contributed by atoms with Gasteiger partial charge in [0.05, 0.1) is 39.7 Å². The second-order valence-electron chi connectivity index (χ2n) is 12.7. The Bertz CT molecular complexity index is 3160. The Balaban J connectivity index is 1.19. The second-order valence-corrected chi connectivity index (χ2v) is 13.8. The first-order valence-electron chi connectivity index (χ1n) is 16.6. The molecule has 11 rings (SSSR count). The van der Waals surface area contributed by atoms with Crippen molar-refractivity contribution in [2.24, 2.45) is 0 Å². The highest BCUT2D eigenvalue weighted by atomic mass is 32.1. The average molecular weight is 656 g/mol. The average Bonchev–Trinajstić information content (AvgIpc) is 3.71. The Morgan fingerprint density at radius 1 is 0.420 bits per heavy atom. The molecule has 0 amide bonds. The van der Waals surface area contributed by atoms with Crippen LogP contribution in [0, 0.1) is 0 Å². The minimum Gasteiger partial charge on any atom is -0.276 e. The number of pyridine rings is 2. The van der Waals surface area contributed by atoms with Crippen molar-refractivity contribution >= 4 is 85.9 Å². The first-order chi connectivity index (χ1) is 24.8.